The number of carbonyl (C=O) groups is 1. The van der Waals surface area contributed by atoms with Gasteiger partial charge in [-0.1, -0.05) is 0 Å². The van der Waals surface area contributed by atoms with Crippen molar-refractivity contribution >= 4 is 35.0 Å². The largest absolute Gasteiger partial charge is 0.408 e. The monoisotopic (exact) mass is 319 g/mol. The maximum atomic E-state index is 11.1. The van der Waals surface area contributed by atoms with Crippen molar-refractivity contribution in [1.29, 1.82) is 0 Å². The zero-order valence-corrected chi connectivity index (χ0v) is 11.9. The number of aliphatic hydroxyl groups excluding tert-OH is 2. The molecule has 0 saturated carbocycles. The number of aromatic nitrogens is 2. The molecule has 0 radical (unpaired) electrons. The first-order valence-electron chi connectivity index (χ1n) is 5.86. The summed E-state index contributed by atoms with van der Waals surface area (Å²) in [6.45, 7) is 0.854. The molecular weight excluding hydrogens is 306 g/mol. The Kier molecular flexibility index (Phi) is 6.21. The van der Waals surface area contributed by atoms with Crippen molar-refractivity contribution in [1.82, 2.24) is 9.97 Å². The van der Waals surface area contributed by atoms with Gasteiger partial charge in [0, 0.05) is 20.0 Å². The predicted molar refractivity (Wildman–Crippen MR) is 74.4 cm³/mol. The Hall–Kier alpha value is -2.04. The van der Waals surface area contributed by atoms with E-state index < -0.39 is 16.6 Å². The molecule has 10 nitrogen and oxygen atoms in total. The van der Waals surface area contributed by atoms with Crippen molar-refractivity contribution in [3.63, 3.8) is 0 Å². The Bertz CT molecular complexity index is 535. The highest BCUT2D eigenvalue weighted by Crippen LogP contribution is 2.29. The summed E-state index contributed by atoms with van der Waals surface area (Å²) in [4.78, 5) is 30.0. The van der Waals surface area contributed by atoms with Crippen LogP contribution in [0.25, 0.3) is 0 Å². The number of hydrogen-bond acceptors (Lipinski definition) is 8. The molecule has 1 amide bonds. The zero-order chi connectivity index (χ0) is 16.0. The number of aliphatic hydroxyl groups is 2. The first-order chi connectivity index (χ1) is 9.90. The van der Waals surface area contributed by atoms with Gasteiger partial charge in [0.05, 0.1) is 13.2 Å². The Labute approximate surface area is 124 Å². The molecule has 116 valence electrons. The van der Waals surface area contributed by atoms with Crippen LogP contribution in [0.15, 0.2) is 0 Å². The third kappa shape index (κ3) is 4.48. The van der Waals surface area contributed by atoms with Gasteiger partial charge in [-0.3, -0.25) is 4.79 Å². The second-order valence-electron chi connectivity index (χ2n) is 3.88. The van der Waals surface area contributed by atoms with Gasteiger partial charge in [-0.2, -0.15) is 4.98 Å². The maximum absolute atomic E-state index is 11.1. The first-order valence-corrected chi connectivity index (χ1v) is 6.24. The van der Waals surface area contributed by atoms with E-state index in [0.717, 1.165) is 0 Å². The third-order valence-corrected chi connectivity index (χ3v) is 2.58. The van der Waals surface area contributed by atoms with E-state index in [-0.39, 0.29) is 43.1 Å². The lowest BCUT2D eigenvalue weighted by molar-refractivity contribution is -0.388. The fourth-order valence-electron chi connectivity index (χ4n) is 1.54. The Balaban J connectivity index is 3.31. The van der Waals surface area contributed by atoms with E-state index >= 15 is 0 Å². The lowest BCUT2D eigenvalue weighted by atomic mass is 10.4. The summed E-state index contributed by atoms with van der Waals surface area (Å²) in [6, 6.07) is 0. The van der Waals surface area contributed by atoms with Crippen LogP contribution in [0.4, 0.5) is 17.5 Å². The zero-order valence-electron chi connectivity index (χ0n) is 11.1. The van der Waals surface area contributed by atoms with Crippen molar-refractivity contribution in [3.05, 3.63) is 15.3 Å². The molecule has 1 rings (SSSR count). The fourth-order valence-corrected chi connectivity index (χ4v) is 1.78. The van der Waals surface area contributed by atoms with Gasteiger partial charge in [0.1, 0.15) is 0 Å². The number of nitrogens with zero attached hydrogens (tertiary/aromatic N) is 4. The van der Waals surface area contributed by atoms with E-state index in [1.54, 1.807) is 0 Å². The van der Waals surface area contributed by atoms with Crippen molar-refractivity contribution in [2.24, 2.45) is 0 Å². The van der Waals surface area contributed by atoms with Gasteiger partial charge in [0.2, 0.25) is 11.7 Å². The van der Waals surface area contributed by atoms with Gasteiger partial charge < -0.3 is 30.5 Å². The highest BCUT2D eigenvalue weighted by Gasteiger charge is 2.26. The molecule has 1 aromatic rings. The number of nitrogens with one attached hydrogen (secondary N) is 1. The van der Waals surface area contributed by atoms with Crippen molar-refractivity contribution in [2.75, 3.05) is 36.5 Å². The highest BCUT2D eigenvalue weighted by molar-refractivity contribution is 6.31. The minimum Gasteiger partial charge on any atom is -0.395 e. The molecule has 3 N–H and O–H groups in total. The summed E-state index contributed by atoms with van der Waals surface area (Å²) in [6.07, 6.45) is 0. The quantitative estimate of drug-likeness (QED) is 0.463. The molecule has 0 aliphatic heterocycles. The number of hydrogen-bond donors (Lipinski definition) is 3. The predicted octanol–water partition coefficient (Wildman–Crippen LogP) is -0.212. The number of halogens is 1. The molecule has 0 aromatic carbocycles. The smallest absolute Gasteiger partial charge is 0.395 e. The van der Waals surface area contributed by atoms with Crippen LogP contribution in [-0.2, 0) is 4.79 Å². The van der Waals surface area contributed by atoms with Crippen LogP contribution < -0.4 is 10.2 Å². The van der Waals surface area contributed by atoms with Crippen LogP contribution in [0, 0.1) is 10.1 Å². The van der Waals surface area contributed by atoms with Crippen molar-refractivity contribution in [3.8, 4) is 0 Å². The van der Waals surface area contributed by atoms with Crippen LogP contribution in [-0.4, -0.2) is 57.3 Å². The molecule has 0 atom stereocenters. The van der Waals surface area contributed by atoms with Crippen molar-refractivity contribution < 1.29 is 19.9 Å². The molecule has 0 aliphatic rings. The molecule has 0 fully saturated rings. The lowest BCUT2D eigenvalue weighted by Gasteiger charge is -2.21. The van der Waals surface area contributed by atoms with Gasteiger partial charge in [-0.25, -0.2) is 0 Å². The Morgan fingerprint density at radius 3 is 2.38 bits per heavy atom. The minimum absolute atomic E-state index is 0.0223. The lowest BCUT2D eigenvalue weighted by Crippen LogP contribution is -2.31. The molecule has 0 unspecified atom stereocenters. The number of rotatable bonds is 7. The van der Waals surface area contributed by atoms with Gasteiger partial charge in [0.15, 0.2) is 5.82 Å². The molecule has 21 heavy (non-hydrogen) atoms. The standard InChI is InChI=1S/C10H14ClN5O5/c1-6(19)12-8-10(16(20)21)13-7(11)9(14-8)15(2-4-17)3-5-18/h17-18H,2-5H2,1H3,(H,12,14,19). The summed E-state index contributed by atoms with van der Waals surface area (Å²) in [5.74, 6) is -1.58. The molecule has 0 spiro atoms. The van der Waals surface area contributed by atoms with E-state index in [0.29, 0.717) is 0 Å². The average molecular weight is 320 g/mol. The topological polar surface area (TPSA) is 142 Å². The molecule has 1 heterocycles. The third-order valence-electron chi connectivity index (χ3n) is 2.32. The van der Waals surface area contributed by atoms with Crippen LogP contribution >= 0.6 is 11.6 Å². The second-order valence-corrected chi connectivity index (χ2v) is 4.24. The van der Waals surface area contributed by atoms with E-state index in [4.69, 9.17) is 21.8 Å². The molecule has 11 heteroatoms. The van der Waals surface area contributed by atoms with E-state index in [1.807, 2.05) is 0 Å². The average Bonchev–Trinajstić information content (AvgIpc) is 2.39. The Morgan fingerprint density at radius 2 is 1.95 bits per heavy atom. The van der Waals surface area contributed by atoms with Crippen LogP contribution in [0.2, 0.25) is 5.15 Å². The van der Waals surface area contributed by atoms with Gasteiger partial charge in [0.25, 0.3) is 5.15 Å². The Morgan fingerprint density at radius 1 is 1.38 bits per heavy atom. The van der Waals surface area contributed by atoms with Gasteiger partial charge >= 0.3 is 5.82 Å². The summed E-state index contributed by atoms with van der Waals surface area (Å²) in [7, 11) is 0. The SMILES string of the molecule is CC(=O)Nc1nc(N(CCO)CCO)c(Cl)nc1[N+](=O)[O-]. The highest BCUT2D eigenvalue weighted by atomic mass is 35.5. The van der Waals surface area contributed by atoms with Crippen LogP contribution in [0.3, 0.4) is 0 Å². The summed E-state index contributed by atoms with van der Waals surface area (Å²) in [5, 5.41) is 30.8. The summed E-state index contributed by atoms with van der Waals surface area (Å²) in [5.41, 5.74) is 0. The minimum atomic E-state index is -0.823. The molecular formula is C10H14ClN5O5. The fraction of sp³-hybridized carbons (Fsp3) is 0.500. The molecule has 0 bridgehead atoms. The van der Waals surface area contributed by atoms with E-state index in [1.165, 1.54) is 11.8 Å². The van der Waals surface area contributed by atoms with Crippen LogP contribution in [0.1, 0.15) is 6.92 Å². The van der Waals surface area contributed by atoms with Gasteiger partial charge in [-0.05, 0) is 21.5 Å². The normalized spacial score (nSPS) is 10.3. The molecule has 1 aromatic heterocycles. The number of amides is 1. The second kappa shape index (κ2) is 7.67. The number of carbonyl (C=O) groups excluding carboxylic acids is 1. The molecule has 0 aliphatic carbocycles. The van der Waals surface area contributed by atoms with Gasteiger partial charge in [-0.15, -0.1) is 0 Å². The number of anilines is 2. The van der Waals surface area contributed by atoms with E-state index in [2.05, 4.69) is 15.3 Å². The van der Waals surface area contributed by atoms with Crippen molar-refractivity contribution in [2.45, 2.75) is 6.92 Å². The first kappa shape index (κ1) is 17.0. The maximum Gasteiger partial charge on any atom is 0.408 e. The summed E-state index contributed by atoms with van der Waals surface area (Å²) < 4.78 is 0. The number of nitro groups is 1. The molecule has 0 saturated heterocycles. The summed E-state index contributed by atoms with van der Waals surface area (Å²) >= 11 is 5.85. The van der Waals surface area contributed by atoms with Crippen LogP contribution in [0.5, 0.6) is 0 Å². The van der Waals surface area contributed by atoms with E-state index in [9.17, 15) is 14.9 Å².